The second kappa shape index (κ2) is 7.75. The fraction of sp³-hybridized carbons (Fsp3) is 0.350. The number of anilines is 1. The van der Waals surface area contributed by atoms with E-state index in [1.54, 1.807) is 43.6 Å². The normalized spacial score (nSPS) is 16.1. The Morgan fingerprint density at radius 2 is 1.89 bits per heavy atom. The second-order valence-corrected chi connectivity index (χ2v) is 6.86. The van der Waals surface area contributed by atoms with Crippen molar-refractivity contribution >= 4 is 22.8 Å². The maximum absolute atomic E-state index is 12.6. The van der Waals surface area contributed by atoms with Gasteiger partial charge >= 0.3 is 5.97 Å². The molecule has 1 atom stereocenters. The molecular formula is C20H21N5O3. The highest BCUT2D eigenvalue weighted by molar-refractivity contribution is 5.77. The molecule has 0 aliphatic carbocycles. The number of nitrogens with one attached hydrogen (secondary N) is 1. The number of benzene rings is 1. The van der Waals surface area contributed by atoms with Crippen LogP contribution in [-0.2, 0) is 9.53 Å². The standard InChI is InChI=1S/C20H21N5O3/c1-13(17-23-16-6-3-2-5-15(16)18(26)24-17)28-19(27)14-7-11-25(12-8-14)20-21-9-4-10-22-20/h2-6,9-10,13-14H,7-8,11-12H2,1H3,(H,23,24,26). The molecule has 0 bridgehead atoms. The highest BCUT2D eigenvalue weighted by Gasteiger charge is 2.29. The van der Waals surface area contributed by atoms with Gasteiger partial charge < -0.3 is 14.6 Å². The Morgan fingerprint density at radius 1 is 1.18 bits per heavy atom. The fourth-order valence-corrected chi connectivity index (χ4v) is 3.39. The summed E-state index contributed by atoms with van der Waals surface area (Å²) in [4.78, 5) is 42.5. The van der Waals surface area contributed by atoms with Gasteiger partial charge in [-0.05, 0) is 38.0 Å². The smallest absolute Gasteiger partial charge is 0.309 e. The molecule has 1 unspecified atom stereocenters. The molecule has 1 aromatic carbocycles. The van der Waals surface area contributed by atoms with E-state index in [0.29, 0.717) is 48.6 Å². The van der Waals surface area contributed by atoms with Crippen molar-refractivity contribution in [3.63, 3.8) is 0 Å². The van der Waals surface area contributed by atoms with Crippen molar-refractivity contribution in [3.8, 4) is 0 Å². The van der Waals surface area contributed by atoms with Crippen molar-refractivity contribution in [1.29, 1.82) is 0 Å². The van der Waals surface area contributed by atoms with Crippen LogP contribution < -0.4 is 10.5 Å². The predicted octanol–water partition coefficient (Wildman–Crippen LogP) is 2.23. The molecule has 1 saturated heterocycles. The minimum Gasteiger partial charge on any atom is -0.454 e. The number of hydrogen-bond acceptors (Lipinski definition) is 7. The molecule has 3 heterocycles. The number of nitrogens with zero attached hydrogens (tertiary/aromatic N) is 4. The number of fused-ring (bicyclic) bond motifs is 1. The van der Waals surface area contributed by atoms with E-state index >= 15 is 0 Å². The Bertz CT molecular complexity index is 1030. The molecule has 1 fully saturated rings. The van der Waals surface area contributed by atoms with Crippen LogP contribution in [0.1, 0.15) is 31.7 Å². The zero-order chi connectivity index (χ0) is 19.5. The molecule has 2 aromatic heterocycles. The highest BCUT2D eigenvalue weighted by atomic mass is 16.5. The number of ether oxygens (including phenoxy) is 1. The van der Waals surface area contributed by atoms with Gasteiger partial charge in [-0.1, -0.05) is 12.1 Å². The summed E-state index contributed by atoms with van der Waals surface area (Å²) < 4.78 is 5.60. The van der Waals surface area contributed by atoms with Crippen LogP contribution in [0.2, 0.25) is 0 Å². The average Bonchev–Trinajstić information content (AvgIpc) is 2.74. The summed E-state index contributed by atoms with van der Waals surface area (Å²) in [7, 11) is 0. The van der Waals surface area contributed by atoms with Crippen molar-refractivity contribution in [2.75, 3.05) is 18.0 Å². The summed E-state index contributed by atoms with van der Waals surface area (Å²) in [5.41, 5.74) is 0.347. The van der Waals surface area contributed by atoms with E-state index in [4.69, 9.17) is 4.74 Å². The Balaban J connectivity index is 1.39. The molecule has 0 amide bonds. The van der Waals surface area contributed by atoms with Gasteiger partial charge in [-0.25, -0.2) is 15.0 Å². The quantitative estimate of drug-likeness (QED) is 0.694. The van der Waals surface area contributed by atoms with Gasteiger partial charge in [0.15, 0.2) is 11.9 Å². The number of rotatable bonds is 4. The summed E-state index contributed by atoms with van der Waals surface area (Å²) in [5, 5.41) is 0.514. The van der Waals surface area contributed by atoms with Crippen LogP contribution in [0.3, 0.4) is 0 Å². The molecule has 3 aromatic rings. The number of aromatic nitrogens is 4. The van der Waals surface area contributed by atoms with Gasteiger partial charge in [-0.15, -0.1) is 0 Å². The van der Waals surface area contributed by atoms with Crippen LogP contribution in [0, 0.1) is 5.92 Å². The summed E-state index contributed by atoms with van der Waals surface area (Å²) in [6.07, 6.45) is 4.14. The number of aromatic amines is 1. The summed E-state index contributed by atoms with van der Waals surface area (Å²) in [6.45, 7) is 3.12. The number of carbonyl (C=O) groups excluding carboxylic acids is 1. The van der Waals surface area contributed by atoms with Crippen LogP contribution >= 0.6 is 0 Å². The van der Waals surface area contributed by atoms with Gasteiger partial charge in [0.2, 0.25) is 5.95 Å². The molecule has 1 aliphatic rings. The Hall–Kier alpha value is -3.29. The predicted molar refractivity (Wildman–Crippen MR) is 104 cm³/mol. The van der Waals surface area contributed by atoms with Crippen molar-refractivity contribution < 1.29 is 9.53 Å². The maximum atomic E-state index is 12.6. The molecule has 28 heavy (non-hydrogen) atoms. The van der Waals surface area contributed by atoms with Gasteiger partial charge in [0.25, 0.3) is 5.56 Å². The lowest BCUT2D eigenvalue weighted by atomic mass is 9.97. The zero-order valence-electron chi connectivity index (χ0n) is 15.5. The van der Waals surface area contributed by atoms with Crippen LogP contribution in [-0.4, -0.2) is 39.0 Å². The molecule has 4 rings (SSSR count). The summed E-state index contributed by atoms with van der Waals surface area (Å²) in [5.74, 6) is 0.583. The van der Waals surface area contributed by atoms with Crippen LogP contribution in [0.4, 0.5) is 5.95 Å². The SMILES string of the molecule is CC(OC(=O)C1CCN(c2ncccn2)CC1)c1nc2ccccc2c(=O)[nH]1. The summed E-state index contributed by atoms with van der Waals surface area (Å²) in [6, 6.07) is 8.87. The molecule has 8 heteroatoms. The van der Waals surface area contributed by atoms with Crippen molar-refractivity contribution in [2.24, 2.45) is 5.92 Å². The van der Waals surface area contributed by atoms with Crippen LogP contribution in [0.5, 0.6) is 0 Å². The number of H-pyrrole nitrogens is 1. The number of carbonyl (C=O) groups is 1. The van der Waals surface area contributed by atoms with Crippen LogP contribution in [0.15, 0.2) is 47.5 Å². The first-order valence-corrected chi connectivity index (χ1v) is 9.33. The first-order valence-electron chi connectivity index (χ1n) is 9.33. The Kier molecular flexibility index (Phi) is 5.01. The largest absolute Gasteiger partial charge is 0.454 e. The van der Waals surface area contributed by atoms with Gasteiger partial charge in [-0.3, -0.25) is 9.59 Å². The lowest BCUT2D eigenvalue weighted by Gasteiger charge is -2.31. The number of hydrogen-bond donors (Lipinski definition) is 1. The van der Waals surface area contributed by atoms with E-state index < -0.39 is 6.10 Å². The van der Waals surface area contributed by atoms with E-state index in [1.807, 2.05) is 6.07 Å². The highest BCUT2D eigenvalue weighted by Crippen LogP contribution is 2.24. The third kappa shape index (κ3) is 3.71. The molecule has 0 spiro atoms. The molecule has 8 nitrogen and oxygen atoms in total. The topological polar surface area (TPSA) is 101 Å². The third-order valence-electron chi connectivity index (χ3n) is 4.97. The second-order valence-electron chi connectivity index (χ2n) is 6.86. The van der Waals surface area contributed by atoms with E-state index in [2.05, 4.69) is 24.8 Å². The minimum absolute atomic E-state index is 0.186. The van der Waals surface area contributed by atoms with Gasteiger partial charge in [-0.2, -0.15) is 0 Å². The summed E-state index contributed by atoms with van der Waals surface area (Å²) >= 11 is 0. The minimum atomic E-state index is -0.625. The first-order chi connectivity index (χ1) is 13.6. The van der Waals surface area contributed by atoms with E-state index in [1.165, 1.54) is 0 Å². The van der Waals surface area contributed by atoms with Crippen molar-refractivity contribution in [1.82, 2.24) is 19.9 Å². The van der Waals surface area contributed by atoms with Crippen molar-refractivity contribution in [2.45, 2.75) is 25.9 Å². The number of piperidine rings is 1. The van der Waals surface area contributed by atoms with Crippen LogP contribution in [0.25, 0.3) is 10.9 Å². The van der Waals surface area contributed by atoms with E-state index in [9.17, 15) is 9.59 Å². The van der Waals surface area contributed by atoms with Gasteiger partial charge in [0.05, 0.1) is 16.8 Å². The number of para-hydroxylation sites is 1. The first kappa shape index (κ1) is 18.1. The number of esters is 1. The molecule has 1 N–H and O–H groups in total. The Morgan fingerprint density at radius 3 is 2.64 bits per heavy atom. The monoisotopic (exact) mass is 379 g/mol. The molecule has 1 aliphatic heterocycles. The van der Waals surface area contributed by atoms with E-state index in [-0.39, 0.29) is 17.4 Å². The maximum Gasteiger partial charge on any atom is 0.309 e. The van der Waals surface area contributed by atoms with Crippen molar-refractivity contribution in [3.05, 3.63) is 58.9 Å². The van der Waals surface area contributed by atoms with Gasteiger partial charge in [0.1, 0.15) is 0 Å². The molecule has 144 valence electrons. The molecule has 0 saturated carbocycles. The molecule has 0 radical (unpaired) electrons. The zero-order valence-corrected chi connectivity index (χ0v) is 15.5. The fourth-order valence-electron chi connectivity index (χ4n) is 3.39. The third-order valence-corrected chi connectivity index (χ3v) is 4.97. The average molecular weight is 379 g/mol. The Labute approximate surface area is 161 Å². The van der Waals surface area contributed by atoms with E-state index in [0.717, 1.165) is 0 Å². The lowest BCUT2D eigenvalue weighted by molar-refractivity contribution is -0.154. The lowest BCUT2D eigenvalue weighted by Crippen LogP contribution is -2.38. The molecular weight excluding hydrogens is 358 g/mol. The van der Waals surface area contributed by atoms with Gasteiger partial charge in [0, 0.05) is 25.5 Å².